The maximum atomic E-state index is 11.7. The van der Waals surface area contributed by atoms with Crippen LogP contribution in [0, 0.1) is 0 Å². The van der Waals surface area contributed by atoms with Gasteiger partial charge >= 0.3 is 5.97 Å². The zero-order valence-electron chi connectivity index (χ0n) is 11.0. The van der Waals surface area contributed by atoms with E-state index < -0.39 is 12.1 Å². The van der Waals surface area contributed by atoms with Gasteiger partial charge in [0.15, 0.2) is 12.4 Å². The number of carbonyl (C=O) groups is 2. The molecule has 0 N–H and O–H groups in total. The van der Waals surface area contributed by atoms with Gasteiger partial charge in [-0.05, 0) is 37.0 Å². The molecule has 3 nitrogen and oxygen atoms in total. The highest BCUT2D eigenvalue weighted by Crippen LogP contribution is 2.10. The molecule has 1 aromatic rings. The number of ether oxygens (including phenoxy) is 1. The van der Waals surface area contributed by atoms with Crippen molar-refractivity contribution in [3.63, 3.8) is 0 Å². The third-order valence-corrected chi connectivity index (χ3v) is 2.82. The lowest BCUT2D eigenvalue weighted by Crippen LogP contribution is -2.18. The summed E-state index contributed by atoms with van der Waals surface area (Å²) in [6, 6.07) is 7.39. The zero-order chi connectivity index (χ0) is 13.4. The summed E-state index contributed by atoms with van der Waals surface area (Å²) in [4.78, 5) is 22.3. The number of carbonyl (C=O) groups excluding carboxylic acids is 2. The summed E-state index contributed by atoms with van der Waals surface area (Å²) in [5, 5.41) is 0. The van der Waals surface area contributed by atoms with Crippen molar-refractivity contribution in [1.82, 2.24) is 0 Å². The highest BCUT2D eigenvalue weighted by atomic mass is 16.5. The molecule has 0 saturated heterocycles. The van der Waals surface area contributed by atoms with Gasteiger partial charge < -0.3 is 4.74 Å². The van der Waals surface area contributed by atoms with Gasteiger partial charge in [0.05, 0.1) is 5.56 Å². The van der Waals surface area contributed by atoms with Crippen LogP contribution in [0.3, 0.4) is 0 Å². The first kappa shape index (κ1) is 14.4. The maximum absolute atomic E-state index is 11.7. The molecule has 0 aromatic heterocycles. The van der Waals surface area contributed by atoms with E-state index in [0.717, 1.165) is 19.3 Å². The lowest BCUT2D eigenvalue weighted by molar-refractivity contribution is -0.115. The van der Waals surface area contributed by atoms with Crippen molar-refractivity contribution in [3.05, 3.63) is 35.4 Å². The molecule has 18 heavy (non-hydrogen) atoms. The van der Waals surface area contributed by atoms with Crippen LogP contribution in [-0.2, 0) is 16.0 Å². The van der Waals surface area contributed by atoms with Crippen LogP contribution in [-0.4, -0.2) is 18.4 Å². The molecule has 0 amide bonds. The quantitative estimate of drug-likeness (QED) is 0.550. The number of hydrogen-bond donors (Lipinski definition) is 0. The van der Waals surface area contributed by atoms with Gasteiger partial charge in [0, 0.05) is 0 Å². The molecule has 0 saturated carbocycles. The van der Waals surface area contributed by atoms with E-state index in [-0.39, 0.29) is 0 Å². The summed E-state index contributed by atoms with van der Waals surface area (Å²) in [5.74, 6) is -0.434. The lowest BCUT2D eigenvalue weighted by Gasteiger charge is -2.09. The molecule has 0 bridgehead atoms. The van der Waals surface area contributed by atoms with Crippen LogP contribution in [0.25, 0.3) is 0 Å². The number of aldehydes is 1. The summed E-state index contributed by atoms with van der Waals surface area (Å²) < 4.78 is 5.05. The lowest BCUT2D eigenvalue weighted by atomic mass is 10.1. The summed E-state index contributed by atoms with van der Waals surface area (Å²) in [5.41, 5.74) is 1.71. The predicted octanol–water partition coefficient (Wildman–Crippen LogP) is 3.16. The van der Waals surface area contributed by atoms with E-state index in [9.17, 15) is 9.59 Å². The number of benzene rings is 1. The molecule has 0 fully saturated rings. The van der Waals surface area contributed by atoms with Gasteiger partial charge in [-0.3, -0.25) is 4.79 Å². The Kier molecular flexibility index (Phi) is 6.12. The molecule has 0 aliphatic rings. The molecular weight excluding hydrogens is 228 g/mol. The molecule has 0 radical (unpaired) electrons. The van der Waals surface area contributed by atoms with Crippen molar-refractivity contribution < 1.29 is 14.3 Å². The van der Waals surface area contributed by atoms with Gasteiger partial charge in [0.2, 0.25) is 0 Å². The molecule has 3 heteroatoms. The Bertz CT molecular complexity index is 381. The number of esters is 1. The summed E-state index contributed by atoms with van der Waals surface area (Å²) >= 11 is 0. The van der Waals surface area contributed by atoms with Crippen LogP contribution >= 0.6 is 0 Å². The predicted molar refractivity (Wildman–Crippen MR) is 70.6 cm³/mol. The van der Waals surface area contributed by atoms with Crippen LogP contribution in [0.1, 0.15) is 49.0 Å². The van der Waals surface area contributed by atoms with E-state index in [1.165, 1.54) is 5.56 Å². The summed E-state index contributed by atoms with van der Waals surface area (Å²) in [6.45, 7) is 3.95. The number of hydrogen-bond acceptors (Lipinski definition) is 3. The average molecular weight is 248 g/mol. The molecule has 1 aromatic carbocycles. The Morgan fingerprint density at radius 3 is 2.44 bits per heavy atom. The Balaban J connectivity index is 2.61. The second kappa shape index (κ2) is 7.64. The van der Waals surface area contributed by atoms with Gasteiger partial charge in [0.1, 0.15) is 0 Å². The van der Waals surface area contributed by atoms with Crippen LogP contribution in [0.5, 0.6) is 0 Å². The van der Waals surface area contributed by atoms with Crippen molar-refractivity contribution in [2.24, 2.45) is 0 Å². The Hall–Kier alpha value is -1.64. The van der Waals surface area contributed by atoms with Gasteiger partial charge in [-0.15, -0.1) is 0 Å². The molecule has 0 spiro atoms. The second-order valence-corrected chi connectivity index (χ2v) is 4.29. The first-order valence-electron chi connectivity index (χ1n) is 6.46. The van der Waals surface area contributed by atoms with E-state index >= 15 is 0 Å². The second-order valence-electron chi connectivity index (χ2n) is 4.29. The molecule has 1 rings (SSSR count). The molecule has 0 aliphatic heterocycles. The number of aryl methyl sites for hydroxylation is 1. The molecule has 1 unspecified atom stereocenters. The van der Waals surface area contributed by atoms with Crippen LogP contribution in [0.15, 0.2) is 24.3 Å². The molecule has 1 atom stereocenters. The number of unbranched alkanes of at least 4 members (excludes halogenated alkanes) is 1. The van der Waals surface area contributed by atoms with Gasteiger partial charge in [-0.25, -0.2) is 4.79 Å². The van der Waals surface area contributed by atoms with Crippen molar-refractivity contribution >= 4 is 12.3 Å². The van der Waals surface area contributed by atoms with Crippen LogP contribution in [0.2, 0.25) is 0 Å². The Morgan fingerprint density at radius 1 is 1.28 bits per heavy atom. The SMILES string of the molecule is CCCCc1ccc(C(=O)OC(C=O)CC)cc1. The van der Waals surface area contributed by atoms with Gasteiger partial charge in [-0.2, -0.15) is 0 Å². The van der Waals surface area contributed by atoms with Crippen molar-refractivity contribution in [3.8, 4) is 0 Å². The highest BCUT2D eigenvalue weighted by molar-refractivity contribution is 5.90. The zero-order valence-corrected chi connectivity index (χ0v) is 11.0. The molecule has 98 valence electrons. The van der Waals surface area contributed by atoms with E-state index in [4.69, 9.17) is 4.74 Å². The smallest absolute Gasteiger partial charge is 0.338 e. The fraction of sp³-hybridized carbons (Fsp3) is 0.467. The first-order chi connectivity index (χ1) is 8.71. The third kappa shape index (κ3) is 4.32. The minimum absolute atomic E-state index is 0.434. The standard InChI is InChI=1S/C15H20O3/c1-3-5-6-12-7-9-13(10-8-12)15(17)18-14(4-2)11-16/h7-11,14H,3-6H2,1-2H3. The molecule has 0 aliphatic carbocycles. The highest BCUT2D eigenvalue weighted by Gasteiger charge is 2.13. The van der Waals surface area contributed by atoms with E-state index in [2.05, 4.69) is 6.92 Å². The summed E-state index contributed by atoms with van der Waals surface area (Å²) in [7, 11) is 0. The van der Waals surface area contributed by atoms with Crippen LogP contribution < -0.4 is 0 Å². The Morgan fingerprint density at radius 2 is 1.94 bits per heavy atom. The Labute approximate surface area is 108 Å². The topological polar surface area (TPSA) is 43.4 Å². The van der Waals surface area contributed by atoms with Crippen molar-refractivity contribution in [1.29, 1.82) is 0 Å². The fourth-order valence-corrected chi connectivity index (χ4v) is 1.60. The van der Waals surface area contributed by atoms with E-state index in [0.29, 0.717) is 18.3 Å². The minimum atomic E-state index is -0.641. The van der Waals surface area contributed by atoms with E-state index in [1.807, 2.05) is 12.1 Å². The monoisotopic (exact) mass is 248 g/mol. The maximum Gasteiger partial charge on any atom is 0.338 e. The summed E-state index contributed by atoms with van der Waals surface area (Å²) in [6.07, 6.45) is 3.85. The minimum Gasteiger partial charge on any atom is -0.451 e. The fourth-order valence-electron chi connectivity index (χ4n) is 1.60. The van der Waals surface area contributed by atoms with Crippen molar-refractivity contribution in [2.75, 3.05) is 0 Å². The average Bonchev–Trinajstić information content (AvgIpc) is 2.42. The molecular formula is C15H20O3. The van der Waals surface area contributed by atoms with Gasteiger partial charge in [-0.1, -0.05) is 32.4 Å². The van der Waals surface area contributed by atoms with Crippen LogP contribution in [0.4, 0.5) is 0 Å². The number of rotatable bonds is 7. The third-order valence-electron chi connectivity index (χ3n) is 2.82. The largest absolute Gasteiger partial charge is 0.451 e. The van der Waals surface area contributed by atoms with E-state index in [1.54, 1.807) is 19.1 Å². The van der Waals surface area contributed by atoms with Crippen molar-refractivity contribution in [2.45, 2.75) is 45.6 Å². The van der Waals surface area contributed by atoms with Gasteiger partial charge in [0.25, 0.3) is 0 Å². The first-order valence-corrected chi connectivity index (χ1v) is 6.46. The molecule has 0 heterocycles. The normalized spacial score (nSPS) is 11.9.